The summed E-state index contributed by atoms with van der Waals surface area (Å²) in [6.07, 6.45) is 4.87. The molecule has 0 bridgehead atoms. The van der Waals surface area contributed by atoms with Gasteiger partial charge in [-0.3, -0.25) is 0 Å². The highest BCUT2D eigenvalue weighted by Gasteiger charge is 2.31. The number of aromatic nitrogens is 2. The van der Waals surface area contributed by atoms with Crippen molar-refractivity contribution in [2.24, 2.45) is 0 Å². The van der Waals surface area contributed by atoms with Crippen LogP contribution in [-0.4, -0.2) is 29.5 Å². The maximum atomic E-state index is 13.4. The molecule has 0 spiro atoms. The molecule has 1 N–H and O–H groups in total. The molecule has 0 atom stereocenters. The summed E-state index contributed by atoms with van der Waals surface area (Å²) in [5.41, 5.74) is 1.80. The second-order valence-corrected chi connectivity index (χ2v) is 9.11. The van der Waals surface area contributed by atoms with E-state index in [0.717, 1.165) is 12.8 Å². The Morgan fingerprint density at radius 2 is 1.87 bits per heavy atom. The number of benzene rings is 2. The molecule has 30 heavy (non-hydrogen) atoms. The molecular weight excluding hydrogens is 402 g/mol. The second-order valence-electron chi connectivity index (χ2n) is 7.15. The molecule has 150 valence electrons. The van der Waals surface area contributed by atoms with Gasteiger partial charge in [-0.15, -0.1) is 0 Å². The zero-order valence-electron chi connectivity index (χ0n) is 15.8. The van der Waals surface area contributed by atoms with Crippen LogP contribution in [-0.2, 0) is 15.6 Å². The van der Waals surface area contributed by atoms with Gasteiger partial charge in [-0.25, -0.2) is 23.2 Å². The first-order chi connectivity index (χ1) is 14.4. The summed E-state index contributed by atoms with van der Waals surface area (Å²) in [7, 11) is -3.89. The summed E-state index contributed by atoms with van der Waals surface area (Å²) in [5, 5.41) is 18.6. The molecule has 2 aromatic carbocycles. The number of sulfone groups is 1. The number of hydrogen-bond acceptors (Lipinski definition) is 6. The number of hydrogen-bond donors (Lipinski definition) is 1. The zero-order valence-corrected chi connectivity index (χ0v) is 16.6. The highest BCUT2D eigenvalue weighted by molar-refractivity contribution is 7.90. The van der Waals surface area contributed by atoms with Gasteiger partial charge in [0, 0.05) is 18.0 Å². The minimum Gasteiger partial charge on any atom is -0.478 e. The molecule has 0 unspecified atom stereocenters. The predicted octanol–water partition coefficient (Wildman–Crippen LogP) is 3.56. The minimum atomic E-state index is -3.89. The summed E-state index contributed by atoms with van der Waals surface area (Å²) in [6.45, 7) is 0. The van der Waals surface area contributed by atoms with Crippen LogP contribution in [0.25, 0.3) is 11.4 Å². The standard InChI is InChI=1S/C22H17N3O4S/c23-12-14-2-6-19(21-24-8-1-9-25-21)17(10-14)13-30(28,29)20-11-16(22(26)27)5-7-18(20)15-3-4-15/h1-2,5-11,15H,3-4,13H2,(H,26,27). The van der Waals surface area contributed by atoms with Crippen LogP contribution in [0.2, 0.25) is 0 Å². The van der Waals surface area contributed by atoms with E-state index >= 15 is 0 Å². The molecule has 1 heterocycles. The lowest BCUT2D eigenvalue weighted by atomic mass is 10.0. The Hall–Kier alpha value is -3.57. The van der Waals surface area contributed by atoms with E-state index in [1.165, 1.54) is 18.2 Å². The Kier molecular flexibility index (Phi) is 5.06. The third kappa shape index (κ3) is 3.93. The molecular formula is C22H17N3O4S. The molecule has 0 radical (unpaired) electrons. The number of aromatic carboxylic acids is 1. The first-order valence-corrected chi connectivity index (χ1v) is 10.9. The van der Waals surface area contributed by atoms with Crippen LogP contribution >= 0.6 is 0 Å². The minimum absolute atomic E-state index is 0.0344. The number of rotatable bonds is 6. The van der Waals surface area contributed by atoms with E-state index in [4.69, 9.17) is 0 Å². The lowest BCUT2D eigenvalue weighted by Gasteiger charge is -2.13. The molecule has 8 heteroatoms. The van der Waals surface area contributed by atoms with Gasteiger partial charge in [0.1, 0.15) is 0 Å². The molecule has 7 nitrogen and oxygen atoms in total. The summed E-state index contributed by atoms with van der Waals surface area (Å²) in [5.74, 6) is -1.09. The van der Waals surface area contributed by atoms with Gasteiger partial charge in [-0.2, -0.15) is 5.26 Å². The number of carboxylic acid groups (broad SMARTS) is 1. The van der Waals surface area contributed by atoms with E-state index < -0.39 is 15.8 Å². The van der Waals surface area contributed by atoms with Crippen molar-refractivity contribution in [2.45, 2.75) is 29.4 Å². The quantitative estimate of drug-likeness (QED) is 0.648. The largest absolute Gasteiger partial charge is 0.478 e. The first kappa shape index (κ1) is 19.7. The molecule has 1 aliphatic rings. The molecule has 0 amide bonds. The first-order valence-electron chi connectivity index (χ1n) is 9.29. The van der Waals surface area contributed by atoms with E-state index in [2.05, 4.69) is 9.97 Å². The molecule has 1 aromatic heterocycles. The number of carbonyl (C=O) groups is 1. The lowest BCUT2D eigenvalue weighted by Crippen LogP contribution is -2.11. The average molecular weight is 419 g/mol. The third-order valence-electron chi connectivity index (χ3n) is 5.00. The fourth-order valence-corrected chi connectivity index (χ4v) is 5.09. The lowest BCUT2D eigenvalue weighted by molar-refractivity contribution is 0.0696. The Morgan fingerprint density at radius 1 is 1.13 bits per heavy atom. The van der Waals surface area contributed by atoms with Gasteiger partial charge < -0.3 is 5.11 Å². The SMILES string of the molecule is N#Cc1ccc(-c2ncccn2)c(CS(=O)(=O)c2cc(C(=O)O)ccc2C2CC2)c1. The van der Waals surface area contributed by atoms with Crippen LogP contribution in [0, 0.1) is 11.3 Å². The highest BCUT2D eigenvalue weighted by Crippen LogP contribution is 2.43. The van der Waals surface area contributed by atoms with Crippen LogP contribution < -0.4 is 0 Å². The van der Waals surface area contributed by atoms with E-state index in [9.17, 15) is 23.6 Å². The van der Waals surface area contributed by atoms with Crippen molar-refractivity contribution in [3.8, 4) is 17.5 Å². The fraction of sp³-hybridized carbons (Fsp3) is 0.182. The van der Waals surface area contributed by atoms with Crippen LogP contribution in [0.3, 0.4) is 0 Å². The van der Waals surface area contributed by atoms with E-state index in [1.807, 2.05) is 6.07 Å². The average Bonchev–Trinajstić information content (AvgIpc) is 3.59. The summed E-state index contributed by atoms with van der Waals surface area (Å²) in [4.78, 5) is 19.8. The maximum absolute atomic E-state index is 13.4. The van der Waals surface area contributed by atoms with Gasteiger partial charge >= 0.3 is 5.97 Å². The molecule has 1 saturated carbocycles. The topological polar surface area (TPSA) is 121 Å². The van der Waals surface area contributed by atoms with Gasteiger partial charge in [0.2, 0.25) is 0 Å². The van der Waals surface area contributed by atoms with E-state index in [-0.39, 0.29) is 22.1 Å². The number of nitrogens with zero attached hydrogens (tertiary/aromatic N) is 3. The Labute approximate surface area is 173 Å². The van der Waals surface area contributed by atoms with Crippen LogP contribution in [0.4, 0.5) is 0 Å². The van der Waals surface area contributed by atoms with Crippen LogP contribution in [0.5, 0.6) is 0 Å². The Morgan fingerprint density at radius 3 is 2.50 bits per heavy atom. The van der Waals surface area contributed by atoms with Gasteiger partial charge in [0.25, 0.3) is 0 Å². The van der Waals surface area contributed by atoms with Crippen molar-refractivity contribution in [3.63, 3.8) is 0 Å². The predicted molar refractivity (Wildman–Crippen MR) is 108 cm³/mol. The van der Waals surface area contributed by atoms with Crippen molar-refractivity contribution in [1.82, 2.24) is 9.97 Å². The zero-order chi connectivity index (χ0) is 21.3. The summed E-state index contributed by atoms with van der Waals surface area (Å²) >= 11 is 0. The molecule has 3 aromatic rings. The summed E-state index contributed by atoms with van der Waals surface area (Å²) < 4.78 is 26.8. The van der Waals surface area contributed by atoms with Crippen molar-refractivity contribution < 1.29 is 18.3 Å². The van der Waals surface area contributed by atoms with E-state index in [0.29, 0.717) is 28.1 Å². The van der Waals surface area contributed by atoms with Crippen LogP contribution in [0.15, 0.2) is 59.8 Å². The normalized spacial score (nSPS) is 13.6. The molecule has 1 fully saturated rings. The van der Waals surface area contributed by atoms with Gasteiger partial charge in [-0.1, -0.05) is 6.07 Å². The number of nitriles is 1. The van der Waals surface area contributed by atoms with Crippen molar-refractivity contribution in [1.29, 1.82) is 5.26 Å². The van der Waals surface area contributed by atoms with Gasteiger partial charge in [-0.05, 0) is 66.3 Å². The number of carboxylic acids is 1. The third-order valence-corrected chi connectivity index (χ3v) is 6.71. The van der Waals surface area contributed by atoms with Crippen molar-refractivity contribution >= 4 is 15.8 Å². The van der Waals surface area contributed by atoms with Crippen molar-refractivity contribution in [3.05, 3.63) is 77.1 Å². The van der Waals surface area contributed by atoms with Crippen molar-refractivity contribution in [2.75, 3.05) is 0 Å². The van der Waals surface area contributed by atoms with Gasteiger partial charge in [0.05, 0.1) is 27.8 Å². The summed E-state index contributed by atoms with van der Waals surface area (Å²) in [6, 6.07) is 12.7. The molecule has 4 rings (SSSR count). The Bertz CT molecular complexity index is 1280. The smallest absolute Gasteiger partial charge is 0.335 e. The maximum Gasteiger partial charge on any atom is 0.335 e. The monoisotopic (exact) mass is 419 g/mol. The van der Waals surface area contributed by atoms with Gasteiger partial charge in [0.15, 0.2) is 15.7 Å². The molecule has 1 aliphatic carbocycles. The highest BCUT2D eigenvalue weighted by atomic mass is 32.2. The van der Waals surface area contributed by atoms with Crippen LogP contribution in [0.1, 0.15) is 45.8 Å². The molecule has 0 aliphatic heterocycles. The second kappa shape index (κ2) is 7.69. The molecule has 0 saturated heterocycles. The van der Waals surface area contributed by atoms with E-state index in [1.54, 1.807) is 36.7 Å². The fourth-order valence-electron chi connectivity index (χ4n) is 3.39. The Balaban J connectivity index is 1.82.